The van der Waals surface area contributed by atoms with Gasteiger partial charge in [-0.3, -0.25) is 4.68 Å². The third-order valence-corrected chi connectivity index (χ3v) is 2.86. The molecule has 0 saturated carbocycles. The molecule has 0 radical (unpaired) electrons. The number of rotatable bonds is 2. The molecule has 0 spiro atoms. The van der Waals surface area contributed by atoms with E-state index < -0.39 is 6.10 Å². The second-order valence-electron chi connectivity index (χ2n) is 4.16. The van der Waals surface area contributed by atoms with E-state index in [1.807, 2.05) is 44.4 Å². The lowest BCUT2D eigenvalue weighted by Crippen LogP contribution is -2.02. The third kappa shape index (κ3) is 1.99. The van der Waals surface area contributed by atoms with Gasteiger partial charge in [-0.15, -0.1) is 0 Å². The normalized spacial score (nSPS) is 12.8. The van der Waals surface area contributed by atoms with Crippen molar-refractivity contribution in [2.45, 2.75) is 20.0 Å². The molecular weight excluding hydrogens is 200 g/mol. The molecule has 16 heavy (non-hydrogen) atoms. The SMILES string of the molecule is Cc1ccc(C(O)c2ccn(C)n2)cc1C. The predicted molar refractivity (Wildman–Crippen MR) is 63.2 cm³/mol. The van der Waals surface area contributed by atoms with Crippen LogP contribution in [0.15, 0.2) is 30.5 Å². The van der Waals surface area contributed by atoms with Gasteiger partial charge in [0, 0.05) is 13.2 Å². The fourth-order valence-corrected chi connectivity index (χ4v) is 1.68. The molecule has 1 heterocycles. The van der Waals surface area contributed by atoms with Gasteiger partial charge in [0.1, 0.15) is 6.10 Å². The monoisotopic (exact) mass is 216 g/mol. The first-order valence-corrected chi connectivity index (χ1v) is 5.32. The summed E-state index contributed by atoms with van der Waals surface area (Å²) in [4.78, 5) is 0. The molecule has 3 nitrogen and oxygen atoms in total. The lowest BCUT2D eigenvalue weighted by atomic mass is 10.0. The molecule has 1 N–H and O–H groups in total. The lowest BCUT2D eigenvalue weighted by molar-refractivity contribution is 0.214. The van der Waals surface area contributed by atoms with Crippen LogP contribution >= 0.6 is 0 Å². The first-order valence-electron chi connectivity index (χ1n) is 5.32. The third-order valence-electron chi connectivity index (χ3n) is 2.86. The predicted octanol–water partition coefficient (Wildman–Crippen LogP) is 2.12. The Morgan fingerprint density at radius 1 is 1.19 bits per heavy atom. The van der Waals surface area contributed by atoms with E-state index >= 15 is 0 Å². The molecule has 0 saturated heterocycles. The van der Waals surface area contributed by atoms with Gasteiger partial charge in [-0.25, -0.2) is 0 Å². The average molecular weight is 216 g/mol. The molecule has 1 unspecified atom stereocenters. The number of benzene rings is 1. The number of aliphatic hydroxyl groups excluding tert-OH is 1. The standard InChI is InChI=1S/C13H16N2O/c1-9-4-5-11(8-10(9)2)13(16)12-6-7-15(3)14-12/h4-8,13,16H,1-3H3. The minimum absolute atomic E-state index is 0.638. The molecule has 0 fully saturated rings. The van der Waals surface area contributed by atoms with E-state index in [9.17, 15) is 5.11 Å². The van der Waals surface area contributed by atoms with Crippen molar-refractivity contribution in [2.24, 2.45) is 7.05 Å². The van der Waals surface area contributed by atoms with Crippen LogP contribution in [0.25, 0.3) is 0 Å². The maximum absolute atomic E-state index is 10.1. The summed E-state index contributed by atoms with van der Waals surface area (Å²) in [5, 5.41) is 14.4. The van der Waals surface area contributed by atoms with Crippen LogP contribution in [0.1, 0.15) is 28.5 Å². The molecule has 1 aromatic carbocycles. The average Bonchev–Trinajstić information content (AvgIpc) is 2.68. The molecular formula is C13H16N2O. The molecule has 0 aliphatic heterocycles. The van der Waals surface area contributed by atoms with Crippen molar-refractivity contribution in [1.82, 2.24) is 9.78 Å². The number of aromatic nitrogens is 2. The second-order valence-corrected chi connectivity index (χ2v) is 4.16. The molecule has 84 valence electrons. The van der Waals surface area contributed by atoms with Crippen LogP contribution in [0.4, 0.5) is 0 Å². The Morgan fingerprint density at radius 3 is 2.50 bits per heavy atom. The second kappa shape index (κ2) is 4.10. The minimum atomic E-state index is -0.638. The van der Waals surface area contributed by atoms with Gasteiger partial charge in [0.2, 0.25) is 0 Å². The van der Waals surface area contributed by atoms with Crippen LogP contribution in [0, 0.1) is 13.8 Å². The molecule has 1 atom stereocenters. The molecule has 2 rings (SSSR count). The van der Waals surface area contributed by atoms with Crippen LogP contribution in [-0.2, 0) is 7.05 Å². The Kier molecular flexibility index (Phi) is 2.79. The first kappa shape index (κ1) is 10.9. The van der Waals surface area contributed by atoms with Gasteiger partial charge < -0.3 is 5.11 Å². The van der Waals surface area contributed by atoms with Gasteiger partial charge in [0.15, 0.2) is 0 Å². The first-order chi connectivity index (χ1) is 7.58. The number of aliphatic hydroxyl groups is 1. The van der Waals surface area contributed by atoms with Crippen molar-refractivity contribution in [2.75, 3.05) is 0 Å². The summed E-state index contributed by atoms with van der Waals surface area (Å²) < 4.78 is 1.69. The van der Waals surface area contributed by atoms with Crippen molar-refractivity contribution in [3.63, 3.8) is 0 Å². The highest BCUT2D eigenvalue weighted by Crippen LogP contribution is 2.22. The molecule has 3 heteroatoms. The summed E-state index contributed by atoms with van der Waals surface area (Å²) in [6.45, 7) is 4.11. The highest BCUT2D eigenvalue weighted by Gasteiger charge is 2.13. The highest BCUT2D eigenvalue weighted by molar-refractivity contribution is 5.33. The molecule has 1 aromatic heterocycles. The molecule has 0 amide bonds. The van der Waals surface area contributed by atoms with Crippen molar-refractivity contribution < 1.29 is 5.11 Å². The largest absolute Gasteiger partial charge is 0.382 e. The molecule has 2 aromatic rings. The molecule has 0 aliphatic rings. The Labute approximate surface area is 95.3 Å². The number of aryl methyl sites for hydroxylation is 3. The Morgan fingerprint density at radius 2 is 1.94 bits per heavy atom. The van der Waals surface area contributed by atoms with Crippen LogP contribution in [0.2, 0.25) is 0 Å². The van der Waals surface area contributed by atoms with Crippen molar-refractivity contribution in [3.05, 3.63) is 52.8 Å². The highest BCUT2D eigenvalue weighted by atomic mass is 16.3. The Hall–Kier alpha value is -1.61. The number of hydrogen-bond acceptors (Lipinski definition) is 2. The summed E-state index contributed by atoms with van der Waals surface area (Å²) in [6, 6.07) is 7.81. The number of nitrogens with zero attached hydrogens (tertiary/aromatic N) is 2. The molecule has 0 bridgehead atoms. The van der Waals surface area contributed by atoms with Gasteiger partial charge in [-0.05, 0) is 36.6 Å². The van der Waals surface area contributed by atoms with Gasteiger partial charge in [0.05, 0.1) is 5.69 Å². The van der Waals surface area contributed by atoms with E-state index in [1.165, 1.54) is 11.1 Å². The maximum Gasteiger partial charge on any atom is 0.123 e. The topological polar surface area (TPSA) is 38.0 Å². The minimum Gasteiger partial charge on any atom is -0.382 e. The Balaban J connectivity index is 2.33. The van der Waals surface area contributed by atoms with Crippen LogP contribution in [-0.4, -0.2) is 14.9 Å². The summed E-state index contributed by atoms with van der Waals surface area (Å²) >= 11 is 0. The number of hydrogen-bond donors (Lipinski definition) is 1. The maximum atomic E-state index is 10.1. The summed E-state index contributed by atoms with van der Waals surface area (Å²) in [5.41, 5.74) is 4.00. The van der Waals surface area contributed by atoms with Gasteiger partial charge in [-0.1, -0.05) is 18.2 Å². The fourth-order valence-electron chi connectivity index (χ4n) is 1.68. The Bertz CT molecular complexity index is 502. The van der Waals surface area contributed by atoms with Gasteiger partial charge >= 0.3 is 0 Å². The van der Waals surface area contributed by atoms with Gasteiger partial charge in [0.25, 0.3) is 0 Å². The van der Waals surface area contributed by atoms with Crippen LogP contribution in [0.3, 0.4) is 0 Å². The van der Waals surface area contributed by atoms with Crippen molar-refractivity contribution in [3.8, 4) is 0 Å². The van der Waals surface area contributed by atoms with E-state index in [0.717, 1.165) is 5.56 Å². The molecule has 0 aliphatic carbocycles. The van der Waals surface area contributed by atoms with Gasteiger partial charge in [-0.2, -0.15) is 5.10 Å². The lowest BCUT2D eigenvalue weighted by Gasteiger charge is -2.10. The van der Waals surface area contributed by atoms with Crippen LogP contribution < -0.4 is 0 Å². The summed E-state index contributed by atoms with van der Waals surface area (Å²) in [6.07, 6.45) is 1.19. The summed E-state index contributed by atoms with van der Waals surface area (Å²) in [7, 11) is 1.84. The zero-order valence-corrected chi connectivity index (χ0v) is 9.81. The van der Waals surface area contributed by atoms with E-state index in [0.29, 0.717) is 5.69 Å². The van der Waals surface area contributed by atoms with Crippen molar-refractivity contribution in [1.29, 1.82) is 0 Å². The van der Waals surface area contributed by atoms with E-state index in [4.69, 9.17) is 0 Å². The quantitative estimate of drug-likeness (QED) is 0.835. The smallest absolute Gasteiger partial charge is 0.123 e. The van der Waals surface area contributed by atoms with E-state index in [-0.39, 0.29) is 0 Å². The van der Waals surface area contributed by atoms with Crippen LogP contribution in [0.5, 0.6) is 0 Å². The van der Waals surface area contributed by atoms with E-state index in [2.05, 4.69) is 12.0 Å². The van der Waals surface area contributed by atoms with Crippen molar-refractivity contribution >= 4 is 0 Å². The summed E-state index contributed by atoms with van der Waals surface area (Å²) in [5.74, 6) is 0. The van der Waals surface area contributed by atoms with E-state index in [1.54, 1.807) is 4.68 Å². The zero-order valence-electron chi connectivity index (χ0n) is 9.81. The fraction of sp³-hybridized carbons (Fsp3) is 0.308. The zero-order chi connectivity index (χ0) is 11.7.